The van der Waals surface area contributed by atoms with Crippen LogP contribution in [0.5, 0.6) is 0 Å². The van der Waals surface area contributed by atoms with Crippen LogP contribution in [0.25, 0.3) is 10.9 Å². The fraction of sp³-hybridized carbons (Fsp3) is 0.318. The van der Waals surface area contributed by atoms with Gasteiger partial charge in [0.1, 0.15) is 5.52 Å². The van der Waals surface area contributed by atoms with E-state index in [4.69, 9.17) is 23.2 Å². The summed E-state index contributed by atoms with van der Waals surface area (Å²) in [5, 5.41) is 15.2. The van der Waals surface area contributed by atoms with Crippen LogP contribution in [-0.2, 0) is 4.79 Å². The first-order valence-corrected chi connectivity index (χ1v) is 11.3. The van der Waals surface area contributed by atoms with Crippen molar-refractivity contribution < 1.29 is 9.72 Å². The van der Waals surface area contributed by atoms with Crippen molar-refractivity contribution in [1.29, 1.82) is 0 Å². The van der Waals surface area contributed by atoms with Gasteiger partial charge in [-0.05, 0) is 37.0 Å². The van der Waals surface area contributed by atoms with Gasteiger partial charge in [-0.3, -0.25) is 24.7 Å². The van der Waals surface area contributed by atoms with Gasteiger partial charge in [-0.2, -0.15) is 0 Å². The van der Waals surface area contributed by atoms with Gasteiger partial charge in [-0.15, -0.1) is 0 Å². The molecule has 4 rings (SSSR count). The van der Waals surface area contributed by atoms with Gasteiger partial charge < -0.3 is 10.2 Å². The van der Waals surface area contributed by atoms with Crippen molar-refractivity contribution in [3.63, 3.8) is 0 Å². The normalized spacial score (nSPS) is 14.2. The molecule has 0 radical (unpaired) electrons. The molecule has 1 aromatic heterocycles. The second-order valence-corrected chi connectivity index (χ2v) is 8.86. The maximum Gasteiger partial charge on any atom is 0.272 e. The number of benzene rings is 2. The summed E-state index contributed by atoms with van der Waals surface area (Å²) in [7, 11) is 0. The Bertz CT molecular complexity index is 1270. The molecule has 1 fully saturated rings. The van der Waals surface area contributed by atoms with Gasteiger partial charge in [0.2, 0.25) is 12.4 Å². The molecule has 1 heterocycles. The van der Waals surface area contributed by atoms with Gasteiger partial charge in [0.05, 0.1) is 26.0 Å². The van der Waals surface area contributed by atoms with Gasteiger partial charge in [-0.25, -0.2) is 4.98 Å². The number of nitrogens with zero attached hydrogens (tertiary/aromatic N) is 3. The summed E-state index contributed by atoms with van der Waals surface area (Å²) in [5.74, 6) is 0.388. The number of rotatable bonds is 7. The number of non-ortho nitro benzene ring substituents is 1. The minimum atomic E-state index is -0.589. The molecule has 2 aromatic carbocycles. The molecule has 0 unspecified atom stereocenters. The van der Waals surface area contributed by atoms with Crippen molar-refractivity contribution in [2.75, 3.05) is 16.8 Å². The molecule has 1 aliphatic carbocycles. The van der Waals surface area contributed by atoms with E-state index in [0.29, 0.717) is 28.7 Å². The van der Waals surface area contributed by atoms with Crippen molar-refractivity contribution in [2.45, 2.75) is 32.1 Å². The SMILES string of the molecule is O=CN(CC1CCCCC1)c1cc([N+](=O)[O-])cc2c(=O)[nH]c(Nc3ccc(Cl)c(Cl)c3)nc12. The van der Waals surface area contributed by atoms with Gasteiger partial charge in [0, 0.05) is 24.4 Å². The number of fused-ring (bicyclic) bond motifs is 1. The topological polar surface area (TPSA) is 121 Å². The van der Waals surface area contributed by atoms with Crippen molar-refractivity contribution >= 4 is 63.5 Å². The minimum Gasteiger partial charge on any atom is -0.326 e. The van der Waals surface area contributed by atoms with E-state index < -0.39 is 10.5 Å². The maximum absolute atomic E-state index is 12.8. The van der Waals surface area contributed by atoms with E-state index in [0.717, 1.165) is 38.2 Å². The standard InChI is InChI=1S/C22H21Cl2N5O4/c23-17-7-6-14(8-18(17)24)25-22-26-20-16(21(31)27-22)9-15(29(32)33)10-19(20)28(12-30)11-13-4-2-1-3-5-13/h6-10,12-13H,1-5,11H2,(H2,25,26,27,31). The molecule has 3 aromatic rings. The van der Waals surface area contributed by atoms with Crippen LogP contribution in [-0.4, -0.2) is 27.8 Å². The largest absolute Gasteiger partial charge is 0.326 e. The highest BCUT2D eigenvalue weighted by molar-refractivity contribution is 6.42. The predicted octanol–water partition coefficient (Wildman–Crippen LogP) is 5.42. The molecule has 0 atom stereocenters. The lowest BCUT2D eigenvalue weighted by Gasteiger charge is -2.27. The average Bonchev–Trinajstić information content (AvgIpc) is 2.80. The summed E-state index contributed by atoms with van der Waals surface area (Å²) in [6, 6.07) is 7.28. The summed E-state index contributed by atoms with van der Waals surface area (Å²) in [5.41, 5.74) is 0.0872. The average molecular weight is 490 g/mol. The number of amides is 1. The Morgan fingerprint density at radius 3 is 2.61 bits per heavy atom. The molecule has 9 nitrogen and oxygen atoms in total. The van der Waals surface area contributed by atoms with Crippen molar-refractivity contribution in [3.05, 3.63) is 60.8 Å². The summed E-state index contributed by atoms with van der Waals surface area (Å²) in [6.45, 7) is 0.407. The van der Waals surface area contributed by atoms with E-state index in [-0.39, 0.29) is 34.1 Å². The monoisotopic (exact) mass is 489 g/mol. The Morgan fingerprint density at radius 2 is 1.94 bits per heavy atom. The number of carbonyl (C=O) groups is 1. The number of aromatic nitrogens is 2. The van der Waals surface area contributed by atoms with E-state index in [1.165, 1.54) is 11.0 Å². The molecule has 11 heteroatoms. The summed E-state index contributed by atoms with van der Waals surface area (Å²) >= 11 is 12.0. The number of hydrogen-bond acceptors (Lipinski definition) is 6. The third kappa shape index (κ3) is 5.09. The number of aromatic amines is 1. The molecular formula is C22H21Cl2N5O4. The van der Waals surface area contributed by atoms with Crippen molar-refractivity contribution in [3.8, 4) is 0 Å². The van der Waals surface area contributed by atoms with Gasteiger partial charge >= 0.3 is 0 Å². The van der Waals surface area contributed by atoms with Crippen LogP contribution in [0.4, 0.5) is 23.0 Å². The van der Waals surface area contributed by atoms with Crippen LogP contribution in [0.1, 0.15) is 32.1 Å². The van der Waals surface area contributed by atoms with Crippen molar-refractivity contribution in [2.24, 2.45) is 5.92 Å². The second-order valence-electron chi connectivity index (χ2n) is 8.05. The zero-order valence-electron chi connectivity index (χ0n) is 17.5. The molecule has 172 valence electrons. The first-order valence-electron chi connectivity index (χ1n) is 10.5. The number of nitro benzene ring substituents is 1. The molecule has 1 saturated carbocycles. The highest BCUT2D eigenvalue weighted by atomic mass is 35.5. The summed E-state index contributed by atoms with van der Waals surface area (Å²) in [6.07, 6.45) is 5.94. The first-order chi connectivity index (χ1) is 15.9. The molecule has 0 bridgehead atoms. The zero-order valence-corrected chi connectivity index (χ0v) is 19.0. The maximum atomic E-state index is 12.8. The fourth-order valence-corrected chi connectivity index (χ4v) is 4.45. The third-order valence-corrected chi connectivity index (χ3v) is 6.52. The Labute approximate surface area is 198 Å². The summed E-state index contributed by atoms with van der Waals surface area (Å²) < 4.78 is 0. The quantitative estimate of drug-likeness (QED) is 0.259. The van der Waals surface area contributed by atoms with Crippen LogP contribution in [0.15, 0.2) is 35.1 Å². The van der Waals surface area contributed by atoms with E-state index in [1.54, 1.807) is 18.2 Å². The smallest absolute Gasteiger partial charge is 0.272 e. The number of nitrogens with one attached hydrogen (secondary N) is 2. The van der Waals surface area contributed by atoms with Crippen LogP contribution in [0.3, 0.4) is 0 Å². The number of carbonyl (C=O) groups excluding carboxylic acids is 1. The molecule has 1 amide bonds. The lowest BCUT2D eigenvalue weighted by Crippen LogP contribution is -2.30. The second kappa shape index (κ2) is 9.76. The molecule has 0 spiro atoms. The minimum absolute atomic E-state index is 0.0226. The Kier molecular flexibility index (Phi) is 6.80. The van der Waals surface area contributed by atoms with Crippen LogP contribution in [0.2, 0.25) is 10.0 Å². The lowest BCUT2D eigenvalue weighted by atomic mass is 9.89. The van der Waals surface area contributed by atoms with Crippen LogP contribution < -0.4 is 15.8 Å². The molecule has 0 aliphatic heterocycles. The highest BCUT2D eigenvalue weighted by Gasteiger charge is 2.23. The summed E-state index contributed by atoms with van der Waals surface area (Å²) in [4.78, 5) is 44.3. The van der Waals surface area contributed by atoms with E-state index in [1.807, 2.05) is 0 Å². The highest BCUT2D eigenvalue weighted by Crippen LogP contribution is 2.33. The van der Waals surface area contributed by atoms with Crippen molar-refractivity contribution in [1.82, 2.24) is 9.97 Å². The Hall–Kier alpha value is -3.17. The van der Waals surface area contributed by atoms with E-state index >= 15 is 0 Å². The number of hydrogen-bond donors (Lipinski definition) is 2. The van der Waals surface area contributed by atoms with Gasteiger partial charge in [-0.1, -0.05) is 42.5 Å². The molecule has 1 aliphatic rings. The third-order valence-electron chi connectivity index (χ3n) is 5.78. The number of nitro groups is 1. The van der Waals surface area contributed by atoms with Gasteiger partial charge in [0.25, 0.3) is 11.2 Å². The van der Waals surface area contributed by atoms with E-state index in [9.17, 15) is 19.7 Å². The number of H-pyrrole nitrogens is 1. The fourth-order valence-electron chi connectivity index (χ4n) is 4.15. The lowest BCUT2D eigenvalue weighted by molar-refractivity contribution is -0.384. The molecular weight excluding hydrogens is 469 g/mol. The number of halogens is 2. The Balaban J connectivity index is 1.80. The molecule has 33 heavy (non-hydrogen) atoms. The molecule has 2 N–H and O–H groups in total. The zero-order chi connectivity index (χ0) is 23.5. The van der Waals surface area contributed by atoms with Gasteiger partial charge in [0.15, 0.2) is 0 Å². The first kappa shape index (κ1) is 23.0. The number of anilines is 3. The van der Waals surface area contributed by atoms with Crippen LogP contribution >= 0.6 is 23.2 Å². The molecule has 0 saturated heterocycles. The van der Waals surface area contributed by atoms with E-state index in [2.05, 4.69) is 15.3 Å². The Morgan fingerprint density at radius 1 is 1.18 bits per heavy atom. The van der Waals surface area contributed by atoms with Crippen LogP contribution in [0, 0.1) is 16.0 Å². The predicted molar refractivity (Wildman–Crippen MR) is 129 cm³/mol.